The molecule has 4 rings (SSSR count). The zero-order valence-corrected chi connectivity index (χ0v) is 14.8. The number of hydrogen-bond donors (Lipinski definition) is 1. The van der Waals surface area contributed by atoms with Crippen LogP contribution < -0.4 is 19.7 Å². The number of nitrogens with one attached hydrogen (secondary N) is 1. The van der Waals surface area contributed by atoms with E-state index in [-0.39, 0.29) is 18.6 Å². The number of benzene rings is 1. The van der Waals surface area contributed by atoms with Gasteiger partial charge in [0.1, 0.15) is 5.82 Å². The minimum absolute atomic E-state index is 0.0844. The van der Waals surface area contributed by atoms with Crippen LogP contribution in [-0.4, -0.2) is 30.8 Å². The van der Waals surface area contributed by atoms with E-state index in [2.05, 4.69) is 10.3 Å². The Labute approximate surface area is 159 Å². The standard InChI is InChI=1S/C19H18F3N3O3/c20-19(21,22)13-1-4-17(23-10-13)25-7-5-12(6-8-25)18(26)24-14-2-3-15-16(9-14)28-11-27-15/h1-4,9-10,12H,5-8,11H2,(H,24,26). The molecule has 3 heterocycles. The predicted octanol–water partition coefficient (Wildman–Crippen LogP) is 3.68. The largest absolute Gasteiger partial charge is 0.454 e. The van der Waals surface area contributed by atoms with Gasteiger partial charge < -0.3 is 19.7 Å². The number of pyridine rings is 1. The number of rotatable bonds is 3. The molecule has 6 nitrogen and oxygen atoms in total. The van der Waals surface area contributed by atoms with Gasteiger partial charge in [0.2, 0.25) is 12.7 Å². The highest BCUT2D eigenvalue weighted by atomic mass is 19.4. The molecule has 1 fully saturated rings. The number of aromatic nitrogens is 1. The number of hydrogen-bond acceptors (Lipinski definition) is 5. The fraction of sp³-hybridized carbons (Fsp3) is 0.368. The molecule has 0 bridgehead atoms. The van der Waals surface area contributed by atoms with Crippen molar-refractivity contribution in [2.45, 2.75) is 19.0 Å². The summed E-state index contributed by atoms with van der Waals surface area (Å²) < 4.78 is 48.5. The summed E-state index contributed by atoms with van der Waals surface area (Å²) in [6.45, 7) is 1.28. The highest BCUT2D eigenvalue weighted by Gasteiger charge is 2.31. The number of ether oxygens (including phenoxy) is 2. The van der Waals surface area contributed by atoms with Crippen LogP contribution in [0.1, 0.15) is 18.4 Å². The number of amides is 1. The first-order chi connectivity index (χ1) is 13.4. The first-order valence-electron chi connectivity index (χ1n) is 8.89. The van der Waals surface area contributed by atoms with E-state index in [1.165, 1.54) is 6.07 Å². The second-order valence-corrected chi connectivity index (χ2v) is 6.72. The van der Waals surface area contributed by atoms with Crippen molar-refractivity contribution in [3.63, 3.8) is 0 Å². The molecule has 2 aliphatic rings. The fourth-order valence-corrected chi connectivity index (χ4v) is 3.33. The lowest BCUT2D eigenvalue weighted by Crippen LogP contribution is -2.38. The smallest absolute Gasteiger partial charge is 0.417 e. The number of carbonyl (C=O) groups excluding carboxylic acids is 1. The lowest BCUT2D eigenvalue weighted by molar-refractivity contribution is -0.137. The number of alkyl halides is 3. The second-order valence-electron chi connectivity index (χ2n) is 6.72. The minimum atomic E-state index is -4.40. The first kappa shape index (κ1) is 18.4. The Morgan fingerprint density at radius 3 is 2.54 bits per heavy atom. The molecular formula is C19H18F3N3O3. The Balaban J connectivity index is 1.33. The number of nitrogens with zero attached hydrogens (tertiary/aromatic N) is 2. The maximum Gasteiger partial charge on any atom is 0.417 e. The Kier molecular flexibility index (Phi) is 4.74. The van der Waals surface area contributed by atoms with E-state index in [1.807, 2.05) is 4.90 Å². The van der Waals surface area contributed by atoms with Gasteiger partial charge in [0.05, 0.1) is 5.56 Å². The van der Waals surface area contributed by atoms with Crippen LogP contribution in [0.5, 0.6) is 11.5 Å². The van der Waals surface area contributed by atoms with Gasteiger partial charge in [-0.1, -0.05) is 0 Å². The fourth-order valence-electron chi connectivity index (χ4n) is 3.33. The predicted molar refractivity (Wildman–Crippen MR) is 95.4 cm³/mol. The highest BCUT2D eigenvalue weighted by Crippen LogP contribution is 2.35. The Bertz CT molecular complexity index is 863. The summed E-state index contributed by atoms with van der Waals surface area (Å²) >= 11 is 0. The number of halogens is 3. The van der Waals surface area contributed by atoms with Crippen LogP contribution in [0, 0.1) is 5.92 Å². The summed E-state index contributed by atoms with van der Waals surface area (Å²) in [4.78, 5) is 18.3. The van der Waals surface area contributed by atoms with Crippen LogP contribution in [0.2, 0.25) is 0 Å². The summed E-state index contributed by atoms with van der Waals surface area (Å²) in [5.74, 6) is 1.48. The van der Waals surface area contributed by atoms with Gasteiger partial charge >= 0.3 is 6.18 Å². The minimum Gasteiger partial charge on any atom is -0.454 e. The molecular weight excluding hydrogens is 375 g/mol. The van der Waals surface area contributed by atoms with E-state index < -0.39 is 11.7 Å². The third kappa shape index (κ3) is 3.83. The van der Waals surface area contributed by atoms with Crippen molar-refractivity contribution in [3.8, 4) is 11.5 Å². The first-order valence-corrected chi connectivity index (χ1v) is 8.89. The summed E-state index contributed by atoms with van der Waals surface area (Å²) in [6, 6.07) is 7.63. The van der Waals surface area contributed by atoms with Crippen LogP contribution in [0.4, 0.5) is 24.7 Å². The molecule has 1 aromatic carbocycles. The van der Waals surface area contributed by atoms with Crippen LogP contribution in [0.25, 0.3) is 0 Å². The van der Waals surface area contributed by atoms with Crippen molar-refractivity contribution < 1.29 is 27.4 Å². The van der Waals surface area contributed by atoms with Gasteiger partial charge in [0.25, 0.3) is 0 Å². The van der Waals surface area contributed by atoms with Gasteiger partial charge in [-0.25, -0.2) is 4.98 Å². The van der Waals surface area contributed by atoms with E-state index >= 15 is 0 Å². The molecule has 1 saturated heterocycles. The molecule has 0 saturated carbocycles. The van der Waals surface area contributed by atoms with Crippen molar-refractivity contribution in [2.24, 2.45) is 5.92 Å². The van der Waals surface area contributed by atoms with Crippen molar-refractivity contribution in [1.82, 2.24) is 4.98 Å². The Hall–Kier alpha value is -2.97. The van der Waals surface area contributed by atoms with Crippen LogP contribution in [0.15, 0.2) is 36.5 Å². The molecule has 2 aliphatic heterocycles. The third-order valence-electron chi connectivity index (χ3n) is 4.91. The molecule has 0 unspecified atom stereocenters. The maximum atomic E-state index is 12.6. The molecule has 0 aliphatic carbocycles. The lowest BCUT2D eigenvalue weighted by atomic mass is 9.95. The quantitative estimate of drug-likeness (QED) is 0.862. The van der Waals surface area contributed by atoms with Crippen LogP contribution in [0.3, 0.4) is 0 Å². The number of carbonyl (C=O) groups is 1. The van der Waals surface area contributed by atoms with Crippen molar-refractivity contribution in [3.05, 3.63) is 42.1 Å². The van der Waals surface area contributed by atoms with Crippen LogP contribution in [-0.2, 0) is 11.0 Å². The zero-order valence-electron chi connectivity index (χ0n) is 14.8. The van der Waals surface area contributed by atoms with E-state index in [0.29, 0.717) is 48.9 Å². The highest BCUT2D eigenvalue weighted by molar-refractivity contribution is 5.93. The topological polar surface area (TPSA) is 63.7 Å². The number of fused-ring (bicyclic) bond motifs is 1. The van der Waals surface area contributed by atoms with Crippen molar-refractivity contribution in [2.75, 3.05) is 30.1 Å². The number of piperidine rings is 1. The molecule has 0 atom stereocenters. The second kappa shape index (κ2) is 7.21. The van der Waals surface area contributed by atoms with Gasteiger partial charge in [-0.15, -0.1) is 0 Å². The monoisotopic (exact) mass is 393 g/mol. The molecule has 148 valence electrons. The average Bonchev–Trinajstić information content (AvgIpc) is 3.15. The van der Waals surface area contributed by atoms with E-state index in [9.17, 15) is 18.0 Å². The third-order valence-corrected chi connectivity index (χ3v) is 4.91. The summed E-state index contributed by atoms with van der Waals surface area (Å²) in [5.41, 5.74) is -0.129. The summed E-state index contributed by atoms with van der Waals surface area (Å²) in [6.07, 6.45) is -2.36. The Morgan fingerprint density at radius 1 is 1.11 bits per heavy atom. The van der Waals surface area contributed by atoms with Gasteiger partial charge in [-0.05, 0) is 37.1 Å². The van der Waals surface area contributed by atoms with Gasteiger partial charge in [0, 0.05) is 37.0 Å². The lowest BCUT2D eigenvalue weighted by Gasteiger charge is -2.32. The average molecular weight is 393 g/mol. The summed E-state index contributed by atoms with van der Waals surface area (Å²) in [7, 11) is 0. The van der Waals surface area contributed by atoms with E-state index in [0.717, 1.165) is 12.3 Å². The maximum absolute atomic E-state index is 12.6. The van der Waals surface area contributed by atoms with Gasteiger partial charge in [-0.2, -0.15) is 13.2 Å². The van der Waals surface area contributed by atoms with Gasteiger partial charge in [0.15, 0.2) is 11.5 Å². The molecule has 1 aromatic heterocycles. The van der Waals surface area contributed by atoms with Crippen LogP contribution >= 0.6 is 0 Å². The molecule has 28 heavy (non-hydrogen) atoms. The van der Waals surface area contributed by atoms with Gasteiger partial charge in [-0.3, -0.25) is 4.79 Å². The molecule has 1 amide bonds. The van der Waals surface area contributed by atoms with Crippen molar-refractivity contribution in [1.29, 1.82) is 0 Å². The van der Waals surface area contributed by atoms with Crippen molar-refractivity contribution >= 4 is 17.4 Å². The van der Waals surface area contributed by atoms with E-state index in [4.69, 9.17) is 9.47 Å². The normalized spacial score (nSPS) is 16.9. The molecule has 0 radical (unpaired) electrons. The zero-order chi connectivity index (χ0) is 19.7. The molecule has 0 spiro atoms. The number of anilines is 2. The molecule has 1 N–H and O–H groups in total. The molecule has 9 heteroatoms. The summed E-state index contributed by atoms with van der Waals surface area (Å²) in [5, 5.41) is 2.89. The Morgan fingerprint density at radius 2 is 1.86 bits per heavy atom. The van der Waals surface area contributed by atoms with E-state index in [1.54, 1.807) is 18.2 Å². The SMILES string of the molecule is O=C(Nc1ccc2c(c1)OCO2)C1CCN(c2ccc(C(F)(F)F)cn2)CC1. The molecule has 2 aromatic rings.